The average molecular weight is 453 g/mol. The number of benzene rings is 2. The van der Waals surface area contributed by atoms with E-state index in [1.165, 1.54) is 12.0 Å². The largest absolute Gasteiger partial charge is 0.872 e. The molecule has 2 aromatic carbocycles. The highest BCUT2D eigenvalue weighted by molar-refractivity contribution is 6.46. The number of rotatable bonds is 9. The van der Waals surface area contributed by atoms with E-state index >= 15 is 0 Å². The molecule has 2 aromatic rings. The molecule has 1 heterocycles. The first-order valence-corrected chi connectivity index (χ1v) is 11.2. The molecule has 1 aliphatic rings. The number of nitrogens with zero attached hydrogens (tertiary/aromatic N) is 1. The highest BCUT2D eigenvalue weighted by Crippen LogP contribution is 2.41. The van der Waals surface area contributed by atoms with Crippen LogP contribution < -0.4 is 19.5 Å². The summed E-state index contributed by atoms with van der Waals surface area (Å²) in [7, 11) is 5.49. The van der Waals surface area contributed by atoms with E-state index in [0.29, 0.717) is 42.3 Å². The lowest BCUT2D eigenvalue weighted by atomic mass is 9.94. The number of nitrogens with one attached hydrogen (secondary N) is 1. The van der Waals surface area contributed by atoms with Gasteiger partial charge in [-0.2, -0.15) is 0 Å². The molecule has 0 bridgehead atoms. The molecule has 1 amide bonds. The van der Waals surface area contributed by atoms with Gasteiger partial charge >= 0.3 is 0 Å². The van der Waals surface area contributed by atoms with Crippen LogP contribution in [-0.2, 0) is 9.59 Å². The van der Waals surface area contributed by atoms with Crippen LogP contribution in [0.15, 0.2) is 48.0 Å². The maximum Gasteiger partial charge on any atom is 0.295 e. The van der Waals surface area contributed by atoms with E-state index in [9.17, 15) is 14.7 Å². The van der Waals surface area contributed by atoms with E-state index in [1.807, 2.05) is 40.1 Å². The van der Waals surface area contributed by atoms with Gasteiger partial charge in [-0.25, -0.2) is 0 Å². The lowest BCUT2D eigenvalue weighted by Gasteiger charge is -2.28. The summed E-state index contributed by atoms with van der Waals surface area (Å²) >= 11 is 0. The zero-order valence-corrected chi connectivity index (χ0v) is 19.9. The van der Waals surface area contributed by atoms with Crippen LogP contribution in [0.4, 0.5) is 0 Å². The van der Waals surface area contributed by atoms with E-state index in [2.05, 4.69) is 0 Å². The standard InChI is InChI=1S/C26H32N2O5/c1-6-15-33-20-12-11-19(16-21(20)32-5)23-22(24(29)18-9-7-17(2)8-10-18)25(30)26(31)28(23)14-13-27(3)4/h7-12,16,23,29H,6,13-15H2,1-5H3/b24-22+. The fraction of sp³-hybridized carbons (Fsp3) is 0.385. The van der Waals surface area contributed by atoms with Crippen molar-refractivity contribution in [3.63, 3.8) is 0 Å². The second-order valence-electron chi connectivity index (χ2n) is 8.55. The number of hydrogen-bond donors (Lipinski definition) is 1. The van der Waals surface area contributed by atoms with Crippen molar-refractivity contribution in [1.29, 1.82) is 0 Å². The summed E-state index contributed by atoms with van der Waals surface area (Å²) in [5.74, 6) is -0.752. The number of Topliss-reactive ketones (excluding diaryl/α,β-unsaturated/α-hetero) is 1. The van der Waals surface area contributed by atoms with Gasteiger partial charge in [-0.05, 0) is 36.6 Å². The Morgan fingerprint density at radius 1 is 1.09 bits per heavy atom. The Bertz CT molecular complexity index is 1040. The van der Waals surface area contributed by atoms with Crippen molar-refractivity contribution in [2.75, 3.05) is 40.9 Å². The maximum atomic E-state index is 13.4. The van der Waals surface area contributed by atoms with E-state index in [-0.39, 0.29) is 5.57 Å². The maximum absolute atomic E-state index is 13.4. The van der Waals surface area contributed by atoms with Gasteiger partial charge in [-0.1, -0.05) is 48.6 Å². The predicted octanol–water partition coefficient (Wildman–Crippen LogP) is 1.16. The van der Waals surface area contributed by atoms with Gasteiger partial charge in [0.2, 0.25) is 5.78 Å². The SMILES string of the molecule is CCCOc1ccc(C2/C(=C(\[O-])c3ccc(C)cc3)C(=O)C(=O)N2CC[NH+](C)C)cc1OC. The number of carbonyl (C=O) groups is 2. The Labute approximate surface area is 195 Å². The van der Waals surface area contributed by atoms with Crippen molar-refractivity contribution < 1.29 is 29.1 Å². The minimum atomic E-state index is -0.785. The summed E-state index contributed by atoms with van der Waals surface area (Å²) < 4.78 is 11.3. The molecule has 1 saturated heterocycles. The van der Waals surface area contributed by atoms with Crippen molar-refractivity contribution in [2.24, 2.45) is 0 Å². The molecule has 176 valence electrons. The van der Waals surface area contributed by atoms with Crippen LogP contribution in [0.1, 0.15) is 36.1 Å². The highest BCUT2D eigenvalue weighted by atomic mass is 16.5. The van der Waals surface area contributed by atoms with Gasteiger partial charge in [0.05, 0.1) is 46.9 Å². The fourth-order valence-electron chi connectivity index (χ4n) is 3.84. The zero-order valence-electron chi connectivity index (χ0n) is 19.9. The lowest BCUT2D eigenvalue weighted by Crippen LogP contribution is -3.06. The number of carbonyl (C=O) groups excluding carboxylic acids is 2. The van der Waals surface area contributed by atoms with E-state index in [4.69, 9.17) is 9.47 Å². The summed E-state index contributed by atoms with van der Waals surface area (Å²) in [4.78, 5) is 28.7. The summed E-state index contributed by atoms with van der Waals surface area (Å²) in [5.41, 5.74) is 2.00. The van der Waals surface area contributed by atoms with Gasteiger partial charge in [0, 0.05) is 5.57 Å². The topological polar surface area (TPSA) is 83.3 Å². The molecule has 1 fully saturated rings. The molecular weight excluding hydrogens is 420 g/mol. The molecule has 0 saturated carbocycles. The minimum absolute atomic E-state index is 0.0260. The molecule has 3 rings (SSSR count). The van der Waals surface area contributed by atoms with Gasteiger partial charge in [-0.3, -0.25) is 9.59 Å². The van der Waals surface area contributed by atoms with E-state index in [0.717, 1.165) is 16.9 Å². The first-order chi connectivity index (χ1) is 15.8. The third-order valence-corrected chi connectivity index (χ3v) is 5.66. The van der Waals surface area contributed by atoms with Gasteiger partial charge < -0.3 is 24.4 Å². The first kappa shape index (κ1) is 24.3. The fourth-order valence-corrected chi connectivity index (χ4v) is 3.84. The molecule has 0 spiro atoms. The average Bonchev–Trinajstić information content (AvgIpc) is 3.06. The molecule has 0 aromatic heterocycles. The zero-order chi connectivity index (χ0) is 24.1. The number of methoxy groups -OCH3 is 1. The molecule has 33 heavy (non-hydrogen) atoms. The predicted molar refractivity (Wildman–Crippen MR) is 124 cm³/mol. The second-order valence-corrected chi connectivity index (χ2v) is 8.55. The molecule has 1 aliphatic heterocycles. The molecular formula is C26H32N2O5. The Kier molecular flexibility index (Phi) is 7.76. The summed E-state index contributed by atoms with van der Waals surface area (Å²) in [5, 5.41) is 13.4. The van der Waals surface area contributed by atoms with Gasteiger partial charge in [0.25, 0.3) is 5.91 Å². The molecule has 1 N–H and O–H groups in total. The number of aryl methyl sites for hydroxylation is 1. The molecule has 0 aliphatic carbocycles. The van der Waals surface area contributed by atoms with Crippen molar-refractivity contribution in [3.05, 3.63) is 64.7 Å². The summed E-state index contributed by atoms with van der Waals surface area (Å²) in [6.45, 7) is 5.46. The molecule has 1 atom stereocenters. The number of ketones is 1. The van der Waals surface area contributed by atoms with E-state index in [1.54, 1.807) is 30.3 Å². The number of ether oxygens (including phenoxy) is 2. The van der Waals surface area contributed by atoms with Crippen molar-refractivity contribution in [1.82, 2.24) is 4.90 Å². The minimum Gasteiger partial charge on any atom is -0.872 e. The summed E-state index contributed by atoms with van der Waals surface area (Å²) in [6, 6.07) is 11.5. The van der Waals surface area contributed by atoms with Gasteiger partial charge in [0.15, 0.2) is 11.5 Å². The van der Waals surface area contributed by atoms with Crippen molar-refractivity contribution in [2.45, 2.75) is 26.3 Å². The van der Waals surface area contributed by atoms with Crippen molar-refractivity contribution in [3.8, 4) is 11.5 Å². The van der Waals surface area contributed by atoms with Crippen LogP contribution in [0.5, 0.6) is 11.5 Å². The number of quaternary nitrogens is 1. The van der Waals surface area contributed by atoms with Gasteiger partial charge in [-0.15, -0.1) is 0 Å². The Hall–Kier alpha value is -3.32. The third kappa shape index (κ3) is 5.20. The molecule has 7 heteroatoms. The first-order valence-electron chi connectivity index (χ1n) is 11.2. The van der Waals surface area contributed by atoms with Crippen LogP contribution in [-0.4, -0.2) is 57.5 Å². The smallest absolute Gasteiger partial charge is 0.295 e. The Morgan fingerprint density at radius 3 is 2.39 bits per heavy atom. The summed E-state index contributed by atoms with van der Waals surface area (Å²) in [6.07, 6.45) is 0.847. The van der Waals surface area contributed by atoms with Crippen molar-refractivity contribution >= 4 is 17.4 Å². The van der Waals surface area contributed by atoms with Crippen LogP contribution >= 0.6 is 0 Å². The van der Waals surface area contributed by atoms with E-state index < -0.39 is 23.5 Å². The monoisotopic (exact) mass is 452 g/mol. The second kappa shape index (κ2) is 10.5. The normalized spacial score (nSPS) is 17.6. The van der Waals surface area contributed by atoms with Crippen LogP contribution in [0, 0.1) is 6.92 Å². The number of likely N-dealkylation sites (N-methyl/N-ethyl adjacent to an activating group) is 1. The van der Waals surface area contributed by atoms with Crippen LogP contribution in [0.2, 0.25) is 0 Å². The third-order valence-electron chi connectivity index (χ3n) is 5.66. The molecule has 0 radical (unpaired) electrons. The number of hydrogen-bond acceptors (Lipinski definition) is 5. The number of amides is 1. The Balaban J connectivity index is 2.14. The van der Waals surface area contributed by atoms with Crippen LogP contribution in [0.25, 0.3) is 5.76 Å². The number of likely N-dealkylation sites (tertiary alicyclic amines) is 1. The Morgan fingerprint density at radius 2 is 1.79 bits per heavy atom. The lowest BCUT2D eigenvalue weighted by molar-refractivity contribution is -0.857. The molecule has 1 unspecified atom stereocenters. The van der Waals surface area contributed by atoms with Gasteiger partial charge in [0.1, 0.15) is 0 Å². The highest BCUT2D eigenvalue weighted by Gasteiger charge is 2.44. The quantitative estimate of drug-likeness (QED) is 0.351. The molecule has 7 nitrogen and oxygen atoms in total. The van der Waals surface area contributed by atoms with Crippen LogP contribution in [0.3, 0.4) is 0 Å².